The third-order valence-electron chi connectivity index (χ3n) is 3.55. The molecular formula is C22H24ClN3O. The van der Waals surface area contributed by atoms with Crippen LogP contribution in [0.15, 0.2) is 53.1 Å². The first-order chi connectivity index (χ1) is 20.6. The van der Waals surface area contributed by atoms with E-state index in [1.807, 2.05) is 0 Å². The van der Waals surface area contributed by atoms with Crippen molar-refractivity contribution in [1.29, 1.82) is 0 Å². The van der Waals surface area contributed by atoms with Crippen LogP contribution in [0.5, 0.6) is 0 Å². The fourth-order valence-corrected chi connectivity index (χ4v) is 2.43. The molecule has 0 saturated carbocycles. The summed E-state index contributed by atoms with van der Waals surface area (Å²) in [4.78, 5) is 14.0. The van der Waals surface area contributed by atoms with Gasteiger partial charge in [0, 0.05) is 30.5 Å². The van der Waals surface area contributed by atoms with E-state index in [1.54, 1.807) is 0 Å². The molecule has 2 heterocycles. The lowest BCUT2D eigenvalue weighted by Crippen LogP contribution is -2.29. The Morgan fingerprint density at radius 1 is 1.19 bits per heavy atom. The van der Waals surface area contributed by atoms with Gasteiger partial charge in [-0.15, -0.1) is 0 Å². The molecule has 1 aliphatic rings. The highest BCUT2D eigenvalue weighted by Crippen LogP contribution is 2.23. The van der Waals surface area contributed by atoms with Crippen molar-refractivity contribution in [3.63, 3.8) is 0 Å². The second-order valence-corrected chi connectivity index (χ2v) is 5.77. The monoisotopic (exact) mass is 400 g/mol. The largest absolute Gasteiger partial charge is 0.306 e. The topological polar surface area (TPSA) is 38.1 Å². The molecule has 1 aromatic heterocycles. The van der Waals surface area contributed by atoms with Gasteiger partial charge < -0.3 is 4.90 Å². The lowest BCUT2D eigenvalue weighted by atomic mass is 10.0. The number of hydrogen-bond acceptors (Lipinski definition) is 3. The van der Waals surface area contributed by atoms with E-state index < -0.39 is 126 Å². The zero-order valence-corrected chi connectivity index (χ0v) is 14.6. The summed E-state index contributed by atoms with van der Waals surface area (Å²) < 4.78 is 160. The molecule has 1 unspecified atom stereocenters. The number of aromatic nitrogens is 2. The maximum Gasteiger partial charge on any atom is 0.274 e. The fraction of sp³-hybridized carbons (Fsp3) is 0.364. The molecule has 0 amide bonds. The number of likely N-dealkylation sites (tertiary alicyclic amines) is 1. The van der Waals surface area contributed by atoms with Gasteiger partial charge in [0.15, 0.2) is 0 Å². The van der Waals surface area contributed by atoms with Crippen molar-refractivity contribution < 1.29 is 26.0 Å². The van der Waals surface area contributed by atoms with E-state index in [4.69, 9.17) is 36.3 Å². The van der Waals surface area contributed by atoms with Gasteiger partial charge in [-0.05, 0) is 62.9 Å². The second kappa shape index (κ2) is 7.83. The van der Waals surface area contributed by atoms with Gasteiger partial charge in [0.2, 0.25) is 0 Å². The molecule has 4 rings (SSSR count). The average Bonchev–Trinajstić information content (AvgIpc) is 2.98. The lowest BCUT2D eigenvalue weighted by Gasteiger charge is -2.19. The van der Waals surface area contributed by atoms with Gasteiger partial charge in [0.05, 0.1) is 29.4 Å². The van der Waals surface area contributed by atoms with Crippen LogP contribution in [-0.4, -0.2) is 34.7 Å². The predicted octanol–water partition coefficient (Wildman–Crippen LogP) is 4.30. The quantitative estimate of drug-likeness (QED) is 0.657. The van der Waals surface area contributed by atoms with E-state index in [2.05, 4.69) is 5.10 Å². The molecule has 0 bridgehead atoms. The molecule has 0 aliphatic carbocycles. The summed E-state index contributed by atoms with van der Waals surface area (Å²) >= 11 is 5.88. The van der Waals surface area contributed by atoms with E-state index in [9.17, 15) is 6.17 Å². The van der Waals surface area contributed by atoms with Crippen LogP contribution in [0.3, 0.4) is 0 Å². The minimum atomic E-state index is -4.19. The summed E-state index contributed by atoms with van der Waals surface area (Å²) in [6.45, 7) is -7.44. The summed E-state index contributed by atoms with van der Waals surface area (Å²) in [6, 6.07) is -11.1. The van der Waals surface area contributed by atoms with Crippen LogP contribution in [0, 0.1) is 0 Å². The van der Waals surface area contributed by atoms with Crippen LogP contribution in [0.1, 0.15) is 62.4 Å². The standard InChI is InChI=1S/C22H24ClN3O/c1-25-13-4-5-18(12-14-25)26-22(27)20-7-3-2-6-19(20)21(24-26)15-16-8-10-17(23)11-9-16/h2-3,6-11,18H,4-5,12-15H2,1H3/i2D,3D,4D2,5D2,6D,7D,8D,9D,10D,11D,12D2,13D2,14D2,18D. The summed E-state index contributed by atoms with van der Waals surface area (Å²) in [5.74, 6) is 0. The van der Waals surface area contributed by atoms with Crippen molar-refractivity contribution in [2.45, 2.75) is 31.6 Å². The summed E-state index contributed by atoms with van der Waals surface area (Å²) in [5, 5.41) is 1.56. The highest BCUT2D eigenvalue weighted by atomic mass is 35.5. The number of halogens is 1. The zero-order chi connectivity index (χ0) is 35.7. The molecule has 1 saturated heterocycles. The fourth-order valence-electron chi connectivity index (χ4n) is 2.34. The van der Waals surface area contributed by atoms with Crippen molar-refractivity contribution in [2.75, 3.05) is 20.0 Å². The Kier molecular flexibility index (Phi) is 1.86. The van der Waals surface area contributed by atoms with E-state index in [0.717, 1.165) is 0 Å². The van der Waals surface area contributed by atoms with Crippen LogP contribution in [-0.2, 0) is 6.42 Å². The molecule has 140 valence electrons. The van der Waals surface area contributed by atoms with Crippen LogP contribution >= 0.6 is 11.6 Å². The van der Waals surface area contributed by atoms with Gasteiger partial charge in [-0.25, -0.2) is 4.68 Å². The van der Waals surface area contributed by atoms with Crippen molar-refractivity contribution in [2.24, 2.45) is 0 Å². The Hall–Kier alpha value is -2.17. The first-order valence-corrected chi connectivity index (χ1v) is 7.99. The molecule has 3 aromatic rings. The van der Waals surface area contributed by atoms with Gasteiger partial charge in [-0.3, -0.25) is 4.79 Å². The predicted molar refractivity (Wildman–Crippen MR) is 111 cm³/mol. The minimum Gasteiger partial charge on any atom is -0.306 e. The normalized spacial score (nSPS) is 40.7. The van der Waals surface area contributed by atoms with E-state index in [1.165, 1.54) is 0 Å². The van der Waals surface area contributed by atoms with Gasteiger partial charge in [0.25, 0.3) is 5.56 Å². The molecule has 1 fully saturated rings. The molecule has 4 nitrogen and oxygen atoms in total. The molecular weight excluding hydrogens is 358 g/mol. The Morgan fingerprint density at radius 3 is 2.70 bits per heavy atom. The summed E-state index contributed by atoms with van der Waals surface area (Å²) in [5.41, 5.74) is -3.04. The number of benzene rings is 2. The highest BCUT2D eigenvalue weighted by molar-refractivity contribution is 6.30. The first-order valence-electron chi connectivity index (χ1n) is 17.1. The zero-order valence-electron chi connectivity index (χ0n) is 32.8. The first kappa shape index (κ1) is 6.43. The van der Waals surface area contributed by atoms with Gasteiger partial charge in [-0.1, -0.05) is 41.8 Å². The van der Waals surface area contributed by atoms with Gasteiger partial charge in [0.1, 0.15) is 0 Å². The molecule has 0 radical (unpaired) electrons. The molecule has 2 aromatic carbocycles. The lowest BCUT2D eigenvalue weighted by molar-refractivity contribution is 0.334. The molecule has 1 aliphatic heterocycles. The molecule has 5 heteroatoms. The van der Waals surface area contributed by atoms with Crippen molar-refractivity contribution >= 4 is 22.4 Å². The summed E-state index contributed by atoms with van der Waals surface area (Å²) in [6.07, 6.45) is -13.2. The molecule has 0 N–H and O–H groups in total. The third kappa shape index (κ3) is 3.92. The maximum absolute atomic E-state index is 14.1. The number of fused-ring (bicyclic) bond motifs is 1. The molecule has 0 spiro atoms. The Bertz CT molecular complexity index is 1850. The Morgan fingerprint density at radius 2 is 1.93 bits per heavy atom. The van der Waals surface area contributed by atoms with Crippen molar-refractivity contribution in [3.05, 3.63) is 75.0 Å². The minimum absolute atomic E-state index is 0.0920. The van der Waals surface area contributed by atoms with Crippen LogP contribution in [0.25, 0.3) is 10.8 Å². The highest BCUT2D eigenvalue weighted by Gasteiger charge is 2.21. The Balaban J connectivity index is 2.31. The average molecular weight is 401 g/mol. The smallest absolute Gasteiger partial charge is 0.274 e. The SMILES string of the molecule is [2H]c1c([2H])c(Cc2nn(C3([2H])C([2H])([2H])C([2H])([2H])N(C)C([2H])([2H])C([2H])([2H])C3([2H])[2H])c(=O)c3c([2H])c([2H])c([2H])c([2H])c23)c([2H])c([2H])c1Cl. The van der Waals surface area contributed by atoms with Gasteiger partial charge >= 0.3 is 0 Å². The second-order valence-electron chi connectivity index (χ2n) is 5.39. The Labute approximate surface area is 191 Å². The van der Waals surface area contributed by atoms with Crippen LogP contribution in [0.2, 0.25) is 5.02 Å². The third-order valence-corrected chi connectivity index (χ3v) is 3.74. The maximum atomic E-state index is 14.1. The molecule has 27 heavy (non-hydrogen) atoms. The van der Waals surface area contributed by atoms with Crippen molar-refractivity contribution in [1.82, 2.24) is 14.7 Å². The van der Waals surface area contributed by atoms with E-state index in [-0.39, 0.29) is 9.58 Å². The molecule has 1 atom stereocenters. The van der Waals surface area contributed by atoms with Crippen LogP contribution in [0.4, 0.5) is 0 Å². The van der Waals surface area contributed by atoms with Crippen molar-refractivity contribution in [3.8, 4) is 0 Å². The van der Waals surface area contributed by atoms with E-state index >= 15 is 0 Å². The van der Waals surface area contributed by atoms with E-state index in [0.29, 0.717) is 7.05 Å². The number of rotatable bonds is 3. The summed E-state index contributed by atoms with van der Waals surface area (Å²) in [7, 11) is 0.610. The van der Waals surface area contributed by atoms with Gasteiger partial charge in [-0.2, -0.15) is 5.10 Å². The number of nitrogens with zero attached hydrogens (tertiary/aromatic N) is 3. The van der Waals surface area contributed by atoms with Crippen LogP contribution < -0.4 is 5.56 Å². The number of hydrogen-bond donors (Lipinski definition) is 0.